The standard InChI is InChI=1S/C19H18N4O2S2/c1-9-6-5-7-13(8-9)17-22-23-19(25-17)27-12(4)15-20-16(24)14-10(2)11(3)26-18(14)21-15/h5-8,12H,1-4H3,(H,20,21,24)/t12-/m1/s1. The maximum absolute atomic E-state index is 12.5. The topological polar surface area (TPSA) is 84.7 Å². The average molecular weight is 399 g/mol. The molecule has 0 unspecified atom stereocenters. The molecule has 0 spiro atoms. The summed E-state index contributed by atoms with van der Waals surface area (Å²) in [6.07, 6.45) is 0. The van der Waals surface area contributed by atoms with Crippen LogP contribution in [0.15, 0.2) is 38.7 Å². The van der Waals surface area contributed by atoms with Gasteiger partial charge >= 0.3 is 0 Å². The molecule has 3 aromatic heterocycles. The van der Waals surface area contributed by atoms with Gasteiger partial charge in [0.2, 0.25) is 5.89 Å². The average Bonchev–Trinajstić information content (AvgIpc) is 3.20. The van der Waals surface area contributed by atoms with Crippen molar-refractivity contribution in [2.75, 3.05) is 0 Å². The number of nitrogens with one attached hydrogen (secondary N) is 1. The van der Waals surface area contributed by atoms with Gasteiger partial charge in [-0.1, -0.05) is 29.5 Å². The Kier molecular flexibility index (Phi) is 4.61. The molecule has 6 nitrogen and oxygen atoms in total. The van der Waals surface area contributed by atoms with E-state index in [4.69, 9.17) is 4.42 Å². The summed E-state index contributed by atoms with van der Waals surface area (Å²) in [5.41, 5.74) is 2.91. The van der Waals surface area contributed by atoms with Gasteiger partial charge in [-0.2, -0.15) is 0 Å². The largest absolute Gasteiger partial charge is 0.411 e. The Morgan fingerprint density at radius 2 is 2.04 bits per heavy atom. The van der Waals surface area contributed by atoms with Crippen LogP contribution in [0.3, 0.4) is 0 Å². The van der Waals surface area contributed by atoms with E-state index in [0.29, 0.717) is 22.3 Å². The van der Waals surface area contributed by atoms with Crippen LogP contribution in [0.25, 0.3) is 21.7 Å². The number of fused-ring (bicyclic) bond motifs is 1. The van der Waals surface area contributed by atoms with Gasteiger partial charge in [-0.05, 0) is 45.4 Å². The number of H-pyrrole nitrogens is 1. The normalized spacial score (nSPS) is 12.6. The minimum Gasteiger partial charge on any atom is -0.411 e. The summed E-state index contributed by atoms with van der Waals surface area (Å²) in [5.74, 6) is 1.09. The van der Waals surface area contributed by atoms with Crippen molar-refractivity contribution in [1.82, 2.24) is 20.2 Å². The number of benzene rings is 1. The third kappa shape index (κ3) is 3.42. The van der Waals surface area contributed by atoms with E-state index < -0.39 is 0 Å². The summed E-state index contributed by atoms with van der Waals surface area (Å²) < 4.78 is 5.78. The SMILES string of the molecule is Cc1cccc(-c2nnc(S[C@H](C)c3nc4sc(C)c(C)c4c(=O)[nH]3)o2)c1. The van der Waals surface area contributed by atoms with Gasteiger partial charge in [0.15, 0.2) is 0 Å². The zero-order chi connectivity index (χ0) is 19.1. The molecule has 0 radical (unpaired) electrons. The Morgan fingerprint density at radius 1 is 1.22 bits per heavy atom. The molecule has 0 amide bonds. The van der Waals surface area contributed by atoms with Crippen molar-refractivity contribution < 1.29 is 4.42 Å². The van der Waals surface area contributed by atoms with Gasteiger partial charge in [0.1, 0.15) is 10.7 Å². The van der Waals surface area contributed by atoms with E-state index in [-0.39, 0.29) is 10.8 Å². The van der Waals surface area contributed by atoms with Crippen LogP contribution in [0.1, 0.15) is 34.0 Å². The molecule has 0 aliphatic heterocycles. The van der Waals surface area contributed by atoms with Crippen LogP contribution >= 0.6 is 23.1 Å². The minimum atomic E-state index is -0.129. The Balaban J connectivity index is 1.60. The van der Waals surface area contributed by atoms with E-state index >= 15 is 0 Å². The van der Waals surface area contributed by atoms with Crippen LogP contribution in [0, 0.1) is 20.8 Å². The van der Waals surface area contributed by atoms with Crippen molar-refractivity contribution in [2.45, 2.75) is 38.2 Å². The summed E-state index contributed by atoms with van der Waals surface area (Å²) in [5, 5.41) is 9.24. The molecular weight excluding hydrogens is 380 g/mol. The van der Waals surface area contributed by atoms with Gasteiger partial charge in [-0.25, -0.2) is 4.98 Å². The zero-order valence-corrected chi connectivity index (χ0v) is 17.0. The van der Waals surface area contributed by atoms with Crippen LogP contribution < -0.4 is 5.56 Å². The van der Waals surface area contributed by atoms with Crippen molar-refractivity contribution in [3.05, 3.63) is 56.4 Å². The molecule has 1 N–H and O–H groups in total. The Hall–Kier alpha value is -2.45. The van der Waals surface area contributed by atoms with E-state index in [9.17, 15) is 4.79 Å². The first-order chi connectivity index (χ1) is 12.9. The third-order valence-corrected chi connectivity index (χ3v) is 6.44. The lowest BCUT2D eigenvalue weighted by atomic mass is 10.1. The minimum absolute atomic E-state index is 0.102. The molecule has 0 aliphatic carbocycles. The van der Waals surface area contributed by atoms with Crippen LogP contribution in [0.4, 0.5) is 0 Å². The summed E-state index contributed by atoms with van der Waals surface area (Å²) >= 11 is 2.92. The number of nitrogens with zero attached hydrogens (tertiary/aromatic N) is 3. The van der Waals surface area contributed by atoms with Crippen LogP contribution in [0.5, 0.6) is 0 Å². The van der Waals surface area contributed by atoms with E-state index in [1.807, 2.05) is 52.0 Å². The number of thioether (sulfide) groups is 1. The molecule has 1 atom stereocenters. The lowest BCUT2D eigenvalue weighted by Gasteiger charge is -2.07. The number of aryl methyl sites for hydroxylation is 3. The highest BCUT2D eigenvalue weighted by Crippen LogP contribution is 2.35. The first-order valence-electron chi connectivity index (χ1n) is 8.49. The van der Waals surface area contributed by atoms with E-state index in [0.717, 1.165) is 26.4 Å². The molecule has 0 fully saturated rings. The first kappa shape index (κ1) is 17.9. The number of aromatic amines is 1. The van der Waals surface area contributed by atoms with E-state index in [1.54, 1.807) is 11.3 Å². The Bertz CT molecular complexity index is 1190. The van der Waals surface area contributed by atoms with Crippen molar-refractivity contribution in [3.8, 4) is 11.5 Å². The van der Waals surface area contributed by atoms with Gasteiger partial charge < -0.3 is 9.40 Å². The molecule has 4 aromatic rings. The second-order valence-electron chi connectivity index (χ2n) is 6.42. The number of aromatic nitrogens is 4. The molecule has 3 heterocycles. The second-order valence-corrected chi connectivity index (χ2v) is 8.91. The monoisotopic (exact) mass is 398 g/mol. The van der Waals surface area contributed by atoms with Crippen LogP contribution in [-0.4, -0.2) is 20.2 Å². The van der Waals surface area contributed by atoms with Crippen molar-refractivity contribution in [1.29, 1.82) is 0 Å². The molecule has 4 rings (SSSR count). The van der Waals surface area contributed by atoms with Crippen LogP contribution in [0.2, 0.25) is 0 Å². The fourth-order valence-electron chi connectivity index (χ4n) is 2.82. The Labute approximate surface area is 164 Å². The predicted octanol–water partition coefficient (Wildman–Crippen LogP) is 4.81. The maximum atomic E-state index is 12.5. The highest BCUT2D eigenvalue weighted by atomic mass is 32.2. The zero-order valence-electron chi connectivity index (χ0n) is 15.4. The molecule has 0 saturated heterocycles. The van der Waals surface area contributed by atoms with Gasteiger partial charge in [-0.15, -0.1) is 21.5 Å². The highest BCUT2D eigenvalue weighted by molar-refractivity contribution is 7.99. The third-order valence-electron chi connectivity index (χ3n) is 4.39. The number of thiophene rings is 1. The van der Waals surface area contributed by atoms with Gasteiger partial charge in [0, 0.05) is 10.4 Å². The van der Waals surface area contributed by atoms with E-state index in [2.05, 4.69) is 20.2 Å². The fraction of sp³-hybridized carbons (Fsp3) is 0.263. The molecule has 0 bridgehead atoms. The summed E-state index contributed by atoms with van der Waals surface area (Å²) in [6.45, 7) is 7.93. The molecule has 0 aliphatic rings. The number of hydrogen-bond acceptors (Lipinski definition) is 7. The van der Waals surface area contributed by atoms with Crippen LogP contribution in [-0.2, 0) is 0 Å². The van der Waals surface area contributed by atoms with Crippen molar-refractivity contribution in [2.24, 2.45) is 0 Å². The fourth-order valence-corrected chi connectivity index (χ4v) is 4.60. The smallest absolute Gasteiger partial charge is 0.277 e. The molecule has 27 heavy (non-hydrogen) atoms. The van der Waals surface area contributed by atoms with Gasteiger partial charge in [0.05, 0.1) is 10.6 Å². The van der Waals surface area contributed by atoms with E-state index in [1.165, 1.54) is 11.8 Å². The first-order valence-corrected chi connectivity index (χ1v) is 10.2. The Morgan fingerprint density at radius 3 is 2.81 bits per heavy atom. The highest BCUT2D eigenvalue weighted by Gasteiger charge is 2.19. The molecule has 138 valence electrons. The molecule has 8 heteroatoms. The summed E-state index contributed by atoms with van der Waals surface area (Å²) in [6, 6.07) is 7.91. The quantitative estimate of drug-likeness (QED) is 0.497. The van der Waals surface area contributed by atoms with Crippen molar-refractivity contribution in [3.63, 3.8) is 0 Å². The second kappa shape index (κ2) is 6.94. The van der Waals surface area contributed by atoms with Crippen molar-refractivity contribution >= 4 is 33.3 Å². The molecular formula is C19H18N4O2S2. The molecule has 1 aromatic carbocycles. The summed E-state index contributed by atoms with van der Waals surface area (Å²) in [4.78, 5) is 21.9. The van der Waals surface area contributed by atoms with Gasteiger partial charge in [-0.3, -0.25) is 4.79 Å². The lowest BCUT2D eigenvalue weighted by Crippen LogP contribution is -2.12. The maximum Gasteiger partial charge on any atom is 0.277 e. The number of rotatable bonds is 4. The number of hydrogen-bond donors (Lipinski definition) is 1. The summed E-state index contributed by atoms with van der Waals surface area (Å²) in [7, 11) is 0. The van der Waals surface area contributed by atoms with Gasteiger partial charge in [0.25, 0.3) is 10.8 Å². The predicted molar refractivity (Wildman–Crippen MR) is 108 cm³/mol. The molecule has 0 saturated carbocycles. The lowest BCUT2D eigenvalue weighted by molar-refractivity contribution is 0.465.